The Labute approximate surface area is 127 Å². The molecule has 0 aliphatic heterocycles. The molecule has 0 saturated carbocycles. The standard InChI is InChI=1S/C14H11ClN2O3S/c1-9-12(3-2-4-13(9)18)17-21(19,20)14-7-10(8-16)5-6-11(14)15/h2-7,17-18H,1H3. The lowest BCUT2D eigenvalue weighted by atomic mass is 10.2. The Morgan fingerprint density at radius 3 is 2.67 bits per heavy atom. The van der Waals surface area contributed by atoms with Crippen molar-refractivity contribution < 1.29 is 13.5 Å². The van der Waals surface area contributed by atoms with Crippen LogP contribution in [-0.4, -0.2) is 13.5 Å². The third-order valence-corrected chi connectivity index (χ3v) is 4.75. The quantitative estimate of drug-likeness (QED) is 0.908. The molecule has 2 rings (SSSR count). The summed E-state index contributed by atoms with van der Waals surface area (Å²) in [6.07, 6.45) is 0. The van der Waals surface area contributed by atoms with E-state index in [2.05, 4.69) is 4.72 Å². The van der Waals surface area contributed by atoms with Gasteiger partial charge in [0.1, 0.15) is 10.6 Å². The van der Waals surface area contributed by atoms with Crippen LogP contribution in [0.1, 0.15) is 11.1 Å². The van der Waals surface area contributed by atoms with Gasteiger partial charge < -0.3 is 5.11 Å². The highest BCUT2D eigenvalue weighted by Crippen LogP contribution is 2.29. The van der Waals surface area contributed by atoms with Gasteiger partial charge in [0.2, 0.25) is 0 Å². The van der Waals surface area contributed by atoms with Crippen LogP contribution in [0.3, 0.4) is 0 Å². The number of nitrogens with zero attached hydrogens (tertiary/aromatic N) is 1. The van der Waals surface area contributed by atoms with Crippen LogP contribution in [0.5, 0.6) is 5.75 Å². The Morgan fingerprint density at radius 2 is 2.00 bits per heavy atom. The zero-order valence-corrected chi connectivity index (χ0v) is 12.5. The van der Waals surface area contributed by atoms with Gasteiger partial charge in [0.25, 0.3) is 10.0 Å². The van der Waals surface area contributed by atoms with Gasteiger partial charge in [-0.05, 0) is 37.3 Å². The van der Waals surface area contributed by atoms with Crippen molar-refractivity contribution in [1.82, 2.24) is 0 Å². The summed E-state index contributed by atoms with van der Waals surface area (Å²) in [5, 5.41) is 18.5. The van der Waals surface area contributed by atoms with Crippen molar-refractivity contribution in [3.05, 3.63) is 52.5 Å². The van der Waals surface area contributed by atoms with Crippen LogP contribution in [0.2, 0.25) is 5.02 Å². The molecule has 21 heavy (non-hydrogen) atoms. The van der Waals surface area contributed by atoms with E-state index >= 15 is 0 Å². The lowest BCUT2D eigenvalue weighted by Gasteiger charge is -2.12. The zero-order valence-electron chi connectivity index (χ0n) is 11.0. The second-order valence-corrected chi connectivity index (χ2v) is 6.37. The summed E-state index contributed by atoms with van der Waals surface area (Å²) in [4.78, 5) is -0.189. The number of hydrogen-bond acceptors (Lipinski definition) is 4. The first-order valence-electron chi connectivity index (χ1n) is 5.86. The Morgan fingerprint density at radius 1 is 1.29 bits per heavy atom. The number of anilines is 1. The van der Waals surface area contributed by atoms with Gasteiger partial charge in [-0.25, -0.2) is 8.42 Å². The SMILES string of the molecule is Cc1c(O)cccc1NS(=O)(=O)c1cc(C#N)ccc1Cl. The Balaban J connectivity index is 2.49. The van der Waals surface area contributed by atoms with E-state index < -0.39 is 10.0 Å². The van der Waals surface area contributed by atoms with Gasteiger partial charge in [-0.3, -0.25) is 4.72 Å². The number of nitrogens with one attached hydrogen (secondary N) is 1. The molecule has 0 atom stereocenters. The Bertz CT molecular complexity index is 842. The third-order valence-electron chi connectivity index (χ3n) is 2.90. The van der Waals surface area contributed by atoms with Gasteiger partial charge in [-0.1, -0.05) is 17.7 Å². The van der Waals surface area contributed by atoms with E-state index in [1.807, 2.05) is 6.07 Å². The highest BCUT2D eigenvalue weighted by atomic mass is 35.5. The van der Waals surface area contributed by atoms with E-state index in [4.69, 9.17) is 16.9 Å². The van der Waals surface area contributed by atoms with Crippen molar-refractivity contribution >= 4 is 27.3 Å². The monoisotopic (exact) mass is 322 g/mol. The topological polar surface area (TPSA) is 90.2 Å². The third kappa shape index (κ3) is 3.10. The highest BCUT2D eigenvalue weighted by molar-refractivity contribution is 7.92. The van der Waals surface area contributed by atoms with Crippen molar-refractivity contribution in [2.24, 2.45) is 0 Å². The predicted octanol–water partition coefficient (Wildman–Crippen LogP) is 3.03. The summed E-state index contributed by atoms with van der Waals surface area (Å²) in [7, 11) is -3.96. The largest absolute Gasteiger partial charge is 0.508 e. The summed E-state index contributed by atoms with van der Waals surface area (Å²) in [5.74, 6) is -0.0212. The molecule has 0 heterocycles. The molecule has 0 aliphatic carbocycles. The molecule has 108 valence electrons. The number of halogens is 1. The Hall–Kier alpha value is -2.23. The summed E-state index contributed by atoms with van der Waals surface area (Å²) < 4.78 is 27.1. The summed E-state index contributed by atoms with van der Waals surface area (Å²) in [5.41, 5.74) is 0.828. The first-order valence-corrected chi connectivity index (χ1v) is 7.72. The number of nitriles is 1. The second kappa shape index (κ2) is 5.64. The fraction of sp³-hybridized carbons (Fsp3) is 0.0714. The second-order valence-electron chi connectivity index (χ2n) is 4.31. The molecule has 0 bridgehead atoms. The fourth-order valence-corrected chi connectivity index (χ4v) is 3.36. The van der Waals surface area contributed by atoms with Crippen LogP contribution in [0.4, 0.5) is 5.69 Å². The molecule has 0 unspecified atom stereocenters. The van der Waals surface area contributed by atoms with E-state index in [-0.39, 0.29) is 26.9 Å². The summed E-state index contributed by atoms with van der Waals surface area (Å²) in [6.45, 7) is 1.58. The van der Waals surface area contributed by atoms with Gasteiger partial charge >= 0.3 is 0 Å². The number of phenolic OH excluding ortho intramolecular Hbond substituents is 1. The molecule has 0 fully saturated rings. The number of benzene rings is 2. The molecular formula is C14H11ClN2O3S. The lowest BCUT2D eigenvalue weighted by Crippen LogP contribution is -2.14. The molecule has 0 radical (unpaired) electrons. The maximum absolute atomic E-state index is 12.4. The van der Waals surface area contributed by atoms with Crippen LogP contribution < -0.4 is 4.72 Å². The van der Waals surface area contributed by atoms with Gasteiger partial charge in [-0.2, -0.15) is 5.26 Å². The average molecular weight is 323 g/mol. The molecule has 5 nitrogen and oxygen atoms in total. The molecular weight excluding hydrogens is 312 g/mol. The number of sulfonamides is 1. The van der Waals surface area contributed by atoms with Gasteiger partial charge in [0.15, 0.2) is 0 Å². The van der Waals surface area contributed by atoms with E-state index in [9.17, 15) is 13.5 Å². The average Bonchev–Trinajstić information content (AvgIpc) is 2.44. The summed E-state index contributed by atoms with van der Waals surface area (Å²) in [6, 6.07) is 10.3. The highest BCUT2D eigenvalue weighted by Gasteiger charge is 2.20. The molecule has 0 saturated heterocycles. The minimum atomic E-state index is -3.96. The van der Waals surface area contributed by atoms with Crippen LogP contribution in [0, 0.1) is 18.3 Å². The fourth-order valence-electron chi connectivity index (χ4n) is 1.71. The van der Waals surface area contributed by atoms with Crippen molar-refractivity contribution in [2.75, 3.05) is 4.72 Å². The van der Waals surface area contributed by atoms with Crippen LogP contribution in [0.15, 0.2) is 41.3 Å². The number of phenols is 1. The minimum Gasteiger partial charge on any atom is -0.508 e. The number of hydrogen-bond donors (Lipinski definition) is 2. The molecule has 0 aromatic heterocycles. The lowest BCUT2D eigenvalue weighted by molar-refractivity contribution is 0.471. The van der Waals surface area contributed by atoms with E-state index in [0.717, 1.165) is 0 Å². The molecule has 0 amide bonds. The maximum atomic E-state index is 12.4. The minimum absolute atomic E-state index is 0.0132. The van der Waals surface area contributed by atoms with E-state index in [0.29, 0.717) is 5.56 Å². The molecule has 0 spiro atoms. The number of rotatable bonds is 3. The molecule has 2 aromatic carbocycles. The predicted molar refractivity (Wildman–Crippen MR) is 79.8 cm³/mol. The van der Waals surface area contributed by atoms with E-state index in [1.54, 1.807) is 6.92 Å². The van der Waals surface area contributed by atoms with Crippen molar-refractivity contribution in [2.45, 2.75) is 11.8 Å². The molecule has 2 N–H and O–H groups in total. The van der Waals surface area contributed by atoms with Crippen LogP contribution in [0.25, 0.3) is 0 Å². The first-order chi connectivity index (χ1) is 9.85. The van der Waals surface area contributed by atoms with Gasteiger partial charge in [0, 0.05) is 5.56 Å². The summed E-state index contributed by atoms with van der Waals surface area (Å²) >= 11 is 5.90. The maximum Gasteiger partial charge on any atom is 0.263 e. The molecule has 0 aliphatic rings. The van der Waals surface area contributed by atoms with Crippen LogP contribution >= 0.6 is 11.6 Å². The van der Waals surface area contributed by atoms with Gasteiger partial charge in [-0.15, -0.1) is 0 Å². The van der Waals surface area contributed by atoms with Crippen molar-refractivity contribution in [1.29, 1.82) is 5.26 Å². The van der Waals surface area contributed by atoms with Crippen molar-refractivity contribution in [3.8, 4) is 11.8 Å². The van der Waals surface area contributed by atoms with Crippen LogP contribution in [-0.2, 0) is 10.0 Å². The normalized spacial score (nSPS) is 10.9. The first kappa shape index (κ1) is 15.2. The van der Waals surface area contributed by atoms with Crippen molar-refractivity contribution in [3.63, 3.8) is 0 Å². The zero-order chi connectivity index (χ0) is 15.6. The van der Waals surface area contributed by atoms with E-state index in [1.165, 1.54) is 36.4 Å². The molecule has 2 aromatic rings. The van der Waals surface area contributed by atoms with Gasteiger partial charge in [0.05, 0.1) is 22.3 Å². The molecule has 7 heteroatoms. The Kier molecular flexibility index (Phi) is 4.07. The number of aromatic hydroxyl groups is 1. The smallest absolute Gasteiger partial charge is 0.263 e.